The maximum Gasteiger partial charge on any atom is 0.316 e. The lowest BCUT2D eigenvalue weighted by molar-refractivity contribution is -0.571. The summed E-state index contributed by atoms with van der Waals surface area (Å²) in [5.74, 6) is -0.504. The summed E-state index contributed by atoms with van der Waals surface area (Å²) >= 11 is 0. The van der Waals surface area contributed by atoms with Gasteiger partial charge in [-0.05, 0) is 56.4 Å². The molecule has 2 bridgehead atoms. The molecule has 0 amide bonds. The average molecular weight is 431 g/mol. The Labute approximate surface area is 184 Å². The first-order chi connectivity index (χ1) is 14.9. The van der Waals surface area contributed by atoms with Crippen LogP contribution in [-0.4, -0.2) is 36.4 Å². The van der Waals surface area contributed by atoms with Gasteiger partial charge in [0, 0.05) is 12.3 Å². The molecule has 4 saturated heterocycles. The number of ether oxygens (including phenoxy) is 3. The SMILES string of the molecule is CCOC(=O)[C@@H](c1ccccc1)[C@H]1O[C@@H]2O[C@@]3(C)CC[C@H]4[C@H](C)CC[C@@H]([C@H]1C)C24OO3. The van der Waals surface area contributed by atoms with Gasteiger partial charge in [0.25, 0.3) is 0 Å². The second kappa shape index (κ2) is 7.84. The first kappa shape index (κ1) is 21.4. The fourth-order valence-corrected chi connectivity index (χ4v) is 6.67. The Morgan fingerprint density at radius 2 is 1.90 bits per heavy atom. The average Bonchev–Trinajstić information content (AvgIpc) is 2.99. The number of carbonyl (C=O) groups excluding carboxylic acids is 1. The number of benzene rings is 1. The third-order valence-corrected chi connectivity index (χ3v) is 8.24. The predicted octanol–water partition coefficient (Wildman–Crippen LogP) is 4.58. The lowest BCUT2D eigenvalue weighted by Gasteiger charge is -2.61. The Morgan fingerprint density at radius 3 is 2.65 bits per heavy atom. The van der Waals surface area contributed by atoms with Gasteiger partial charge < -0.3 is 14.2 Å². The first-order valence-corrected chi connectivity index (χ1v) is 11.8. The van der Waals surface area contributed by atoms with Crippen molar-refractivity contribution in [3.05, 3.63) is 35.9 Å². The standard InChI is InChI=1S/C25H34O6/c1-5-27-22(26)20(17-9-7-6-8-10-17)21-16(3)19-12-11-15(2)18-13-14-24(4)29-23(28-21)25(18,19)31-30-24/h6-10,15-16,18-21,23H,5,11-14H2,1-4H3/t15-,16-,18+,19+,20+,21+,23-,24-,25?/m1/s1. The largest absolute Gasteiger partial charge is 0.465 e. The van der Waals surface area contributed by atoms with E-state index in [4.69, 9.17) is 24.0 Å². The molecule has 1 aliphatic carbocycles. The van der Waals surface area contributed by atoms with Crippen molar-refractivity contribution in [1.29, 1.82) is 0 Å². The molecule has 1 aromatic carbocycles. The topological polar surface area (TPSA) is 63.2 Å². The summed E-state index contributed by atoms with van der Waals surface area (Å²) in [6.07, 6.45) is 2.98. The van der Waals surface area contributed by atoms with Crippen LogP contribution in [0.4, 0.5) is 0 Å². The van der Waals surface area contributed by atoms with Crippen LogP contribution in [0.5, 0.6) is 0 Å². The van der Waals surface area contributed by atoms with E-state index in [0.29, 0.717) is 18.4 Å². The summed E-state index contributed by atoms with van der Waals surface area (Å²) in [5, 5.41) is 0. The van der Waals surface area contributed by atoms with E-state index in [-0.39, 0.29) is 23.9 Å². The summed E-state index contributed by atoms with van der Waals surface area (Å²) in [6, 6.07) is 9.83. The lowest BCUT2D eigenvalue weighted by Crippen LogP contribution is -2.71. The van der Waals surface area contributed by atoms with Gasteiger partial charge in [-0.1, -0.05) is 44.2 Å². The fourth-order valence-electron chi connectivity index (χ4n) is 6.67. The molecule has 0 aromatic heterocycles. The van der Waals surface area contributed by atoms with Crippen molar-refractivity contribution in [2.75, 3.05) is 6.61 Å². The fraction of sp³-hybridized carbons (Fsp3) is 0.720. The van der Waals surface area contributed by atoms with Crippen LogP contribution in [0.1, 0.15) is 64.9 Å². The van der Waals surface area contributed by atoms with Crippen molar-refractivity contribution in [3.8, 4) is 0 Å². The summed E-state index contributed by atoms with van der Waals surface area (Å²) in [4.78, 5) is 25.3. The van der Waals surface area contributed by atoms with E-state index in [2.05, 4.69) is 13.8 Å². The van der Waals surface area contributed by atoms with Crippen LogP contribution < -0.4 is 0 Å². The van der Waals surface area contributed by atoms with Gasteiger partial charge in [0.05, 0.1) is 12.7 Å². The zero-order valence-electron chi connectivity index (χ0n) is 18.9. The second-order valence-corrected chi connectivity index (χ2v) is 10.0. The van der Waals surface area contributed by atoms with Gasteiger partial charge in [0.15, 0.2) is 11.9 Å². The van der Waals surface area contributed by atoms with Crippen molar-refractivity contribution < 1.29 is 28.8 Å². The summed E-state index contributed by atoms with van der Waals surface area (Å²) in [6.45, 7) is 8.59. The van der Waals surface area contributed by atoms with Crippen LogP contribution in [0.25, 0.3) is 0 Å². The zero-order chi connectivity index (χ0) is 21.8. The highest BCUT2D eigenvalue weighted by molar-refractivity contribution is 5.79. The van der Waals surface area contributed by atoms with E-state index < -0.39 is 23.6 Å². The Balaban J connectivity index is 1.56. The molecule has 1 aromatic rings. The zero-order valence-corrected chi connectivity index (χ0v) is 18.9. The van der Waals surface area contributed by atoms with Crippen LogP contribution >= 0.6 is 0 Å². The highest BCUT2D eigenvalue weighted by Gasteiger charge is 2.70. The minimum absolute atomic E-state index is 0.0792. The van der Waals surface area contributed by atoms with E-state index in [1.54, 1.807) is 0 Å². The van der Waals surface area contributed by atoms with Crippen LogP contribution in [0.15, 0.2) is 30.3 Å². The molecule has 6 rings (SSSR count). The molecule has 0 radical (unpaired) electrons. The van der Waals surface area contributed by atoms with Gasteiger partial charge in [0.2, 0.25) is 5.79 Å². The molecule has 170 valence electrons. The lowest BCUT2D eigenvalue weighted by atomic mass is 9.56. The van der Waals surface area contributed by atoms with Crippen LogP contribution in [0.3, 0.4) is 0 Å². The molecule has 1 saturated carbocycles. The van der Waals surface area contributed by atoms with Crippen LogP contribution in [-0.2, 0) is 28.8 Å². The molecule has 6 nitrogen and oxygen atoms in total. The Bertz CT molecular complexity index is 813. The monoisotopic (exact) mass is 430 g/mol. The number of rotatable bonds is 4. The molecule has 4 heterocycles. The third kappa shape index (κ3) is 3.26. The normalized spacial score (nSPS) is 44.8. The molecular formula is C25H34O6. The molecule has 0 N–H and O–H groups in total. The summed E-state index contributed by atoms with van der Waals surface area (Å²) in [7, 11) is 0. The van der Waals surface area contributed by atoms with Crippen molar-refractivity contribution in [2.45, 2.75) is 83.1 Å². The van der Waals surface area contributed by atoms with Gasteiger partial charge in [0.1, 0.15) is 5.92 Å². The number of fused-ring (bicyclic) bond motifs is 2. The maximum atomic E-state index is 13.2. The molecule has 31 heavy (non-hydrogen) atoms. The molecule has 9 atom stereocenters. The summed E-state index contributed by atoms with van der Waals surface area (Å²) in [5.41, 5.74) is 0.288. The number of hydrogen-bond acceptors (Lipinski definition) is 6. The number of carbonyl (C=O) groups is 1. The molecule has 1 unspecified atom stereocenters. The van der Waals surface area contributed by atoms with Crippen molar-refractivity contribution in [1.82, 2.24) is 0 Å². The van der Waals surface area contributed by atoms with Crippen molar-refractivity contribution >= 4 is 5.97 Å². The van der Waals surface area contributed by atoms with Crippen molar-refractivity contribution in [2.24, 2.45) is 23.7 Å². The number of esters is 1. The quantitative estimate of drug-likeness (QED) is 0.515. The maximum absolute atomic E-state index is 13.2. The Morgan fingerprint density at radius 1 is 1.13 bits per heavy atom. The van der Waals surface area contributed by atoms with E-state index in [1.165, 1.54) is 0 Å². The van der Waals surface area contributed by atoms with Gasteiger partial charge in [-0.3, -0.25) is 4.79 Å². The van der Waals surface area contributed by atoms with Crippen LogP contribution in [0.2, 0.25) is 0 Å². The number of hydrogen-bond donors (Lipinski definition) is 0. The molecular weight excluding hydrogens is 396 g/mol. The highest BCUT2D eigenvalue weighted by atomic mass is 17.3. The van der Waals surface area contributed by atoms with Gasteiger partial charge in [-0.2, -0.15) is 0 Å². The molecule has 1 spiro atoms. The van der Waals surface area contributed by atoms with Crippen molar-refractivity contribution in [3.63, 3.8) is 0 Å². The van der Waals surface area contributed by atoms with E-state index in [1.807, 2.05) is 44.2 Å². The summed E-state index contributed by atoms with van der Waals surface area (Å²) < 4.78 is 18.7. The molecule has 6 heteroatoms. The predicted molar refractivity (Wildman–Crippen MR) is 113 cm³/mol. The smallest absolute Gasteiger partial charge is 0.316 e. The van der Waals surface area contributed by atoms with Crippen LogP contribution in [0, 0.1) is 23.7 Å². The molecule has 5 fully saturated rings. The minimum atomic E-state index is -0.825. The van der Waals surface area contributed by atoms with Gasteiger partial charge in [-0.15, -0.1) is 0 Å². The third-order valence-electron chi connectivity index (χ3n) is 8.24. The van der Waals surface area contributed by atoms with E-state index in [0.717, 1.165) is 31.2 Å². The molecule has 5 aliphatic rings. The van der Waals surface area contributed by atoms with Gasteiger partial charge in [-0.25, -0.2) is 9.78 Å². The van der Waals surface area contributed by atoms with Gasteiger partial charge >= 0.3 is 5.97 Å². The molecule has 4 aliphatic heterocycles. The minimum Gasteiger partial charge on any atom is -0.465 e. The Hall–Kier alpha value is -1.47. The Kier molecular flexibility index (Phi) is 5.40. The van der Waals surface area contributed by atoms with E-state index >= 15 is 0 Å². The van der Waals surface area contributed by atoms with E-state index in [9.17, 15) is 4.79 Å². The first-order valence-electron chi connectivity index (χ1n) is 11.8. The second-order valence-electron chi connectivity index (χ2n) is 10.0. The highest BCUT2D eigenvalue weighted by Crippen LogP contribution is 2.61.